The Hall–Kier alpha value is -2.11. The molecule has 0 atom stereocenters. The standard InChI is InChI=1S/C14H18N2O4/c1-20-12-8-6-7-11(16(18)19)13(12)14(17)15-9-4-2-3-5-10-15/h6-8H,2-5,9-10H2,1H3. The largest absolute Gasteiger partial charge is 0.496 e. The van der Waals surface area contributed by atoms with Crippen molar-refractivity contribution in [3.05, 3.63) is 33.9 Å². The molecular weight excluding hydrogens is 260 g/mol. The Kier molecular flexibility index (Phi) is 4.55. The van der Waals surface area contributed by atoms with Crippen LogP contribution in [0.15, 0.2) is 18.2 Å². The molecule has 0 radical (unpaired) electrons. The molecule has 0 spiro atoms. The predicted octanol–water partition coefficient (Wildman–Crippen LogP) is 2.62. The minimum atomic E-state index is -0.534. The second kappa shape index (κ2) is 6.36. The summed E-state index contributed by atoms with van der Waals surface area (Å²) in [6.07, 6.45) is 4.07. The molecule has 1 heterocycles. The van der Waals surface area contributed by atoms with Crippen LogP contribution in [-0.4, -0.2) is 35.9 Å². The van der Waals surface area contributed by atoms with Crippen LogP contribution in [0.4, 0.5) is 5.69 Å². The van der Waals surface area contributed by atoms with Gasteiger partial charge in [-0.05, 0) is 18.9 Å². The molecule has 20 heavy (non-hydrogen) atoms. The summed E-state index contributed by atoms with van der Waals surface area (Å²) >= 11 is 0. The third kappa shape index (κ3) is 2.89. The molecule has 0 saturated carbocycles. The molecule has 1 saturated heterocycles. The van der Waals surface area contributed by atoms with E-state index in [1.807, 2.05) is 0 Å². The third-order valence-corrected chi connectivity index (χ3v) is 3.53. The number of nitrogens with zero attached hydrogens (tertiary/aromatic N) is 2. The van der Waals surface area contributed by atoms with Crippen molar-refractivity contribution in [2.24, 2.45) is 0 Å². The molecule has 0 unspecified atom stereocenters. The molecule has 6 nitrogen and oxygen atoms in total. The van der Waals surface area contributed by atoms with E-state index in [1.54, 1.807) is 11.0 Å². The summed E-state index contributed by atoms with van der Waals surface area (Å²) < 4.78 is 5.13. The molecule has 0 bridgehead atoms. The fourth-order valence-electron chi connectivity index (χ4n) is 2.49. The maximum absolute atomic E-state index is 12.6. The minimum absolute atomic E-state index is 0.0573. The van der Waals surface area contributed by atoms with Crippen molar-refractivity contribution in [1.82, 2.24) is 4.90 Å². The lowest BCUT2D eigenvalue weighted by atomic mass is 10.1. The molecular formula is C14H18N2O4. The van der Waals surface area contributed by atoms with Gasteiger partial charge in [-0.1, -0.05) is 18.9 Å². The van der Waals surface area contributed by atoms with Crippen molar-refractivity contribution in [1.29, 1.82) is 0 Å². The lowest BCUT2D eigenvalue weighted by Crippen LogP contribution is -2.32. The zero-order valence-electron chi connectivity index (χ0n) is 11.5. The fraction of sp³-hybridized carbons (Fsp3) is 0.500. The minimum Gasteiger partial charge on any atom is -0.496 e. The number of carbonyl (C=O) groups excluding carboxylic acids is 1. The van der Waals surface area contributed by atoms with E-state index in [-0.39, 0.29) is 22.9 Å². The van der Waals surface area contributed by atoms with Crippen molar-refractivity contribution < 1.29 is 14.5 Å². The summed E-state index contributed by atoms with van der Waals surface area (Å²) in [4.78, 5) is 24.9. The van der Waals surface area contributed by atoms with Crippen LogP contribution in [0.2, 0.25) is 0 Å². The molecule has 108 valence electrons. The quantitative estimate of drug-likeness (QED) is 0.629. The fourth-order valence-corrected chi connectivity index (χ4v) is 2.49. The highest BCUT2D eigenvalue weighted by atomic mass is 16.6. The van der Waals surface area contributed by atoms with E-state index >= 15 is 0 Å². The van der Waals surface area contributed by atoms with Gasteiger partial charge in [0.1, 0.15) is 5.75 Å². The van der Waals surface area contributed by atoms with Gasteiger partial charge in [0.25, 0.3) is 11.6 Å². The number of nitro groups is 1. The van der Waals surface area contributed by atoms with Crippen LogP contribution in [0, 0.1) is 10.1 Å². The van der Waals surface area contributed by atoms with Gasteiger partial charge in [0.2, 0.25) is 0 Å². The van der Waals surface area contributed by atoms with E-state index in [9.17, 15) is 14.9 Å². The number of carbonyl (C=O) groups is 1. The number of likely N-dealkylation sites (tertiary alicyclic amines) is 1. The zero-order chi connectivity index (χ0) is 14.5. The number of benzene rings is 1. The van der Waals surface area contributed by atoms with Crippen LogP contribution in [0.3, 0.4) is 0 Å². The van der Waals surface area contributed by atoms with Gasteiger partial charge in [-0.15, -0.1) is 0 Å². The average Bonchev–Trinajstić information content (AvgIpc) is 2.74. The lowest BCUT2D eigenvalue weighted by molar-refractivity contribution is -0.385. The first-order valence-electron chi connectivity index (χ1n) is 6.76. The summed E-state index contributed by atoms with van der Waals surface area (Å²) in [6.45, 7) is 1.29. The summed E-state index contributed by atoms with van der Waals surface area (Å²) in [5.74, 6) is -0.0514. The zero-order valence-corrected chi connectivity index (χ0v) is 11.5. The van der Waals surface area contributed by atoms with Crippen LogP contribution in [-0.2, 0) is 0 Å². The summed E-state index contributed by atoms with van der Waals surface area (Å²) in [5, 5.41) is 11.1. The monoisotopic (exact) mass is 278 g/mol. The Morgan fingerprint density at radius 1 is 1.25 bits per heavy atom. The van der Waals surface area contributed by atoms with E-state index in [4.69, 9.17) is 4.74 Å². The van der Waals surface area contributed by atoms with Gasteiger partial charge in [-0.2, -0.15) is 0 Å². The Labute approximate surface area is 117 Å². The molecule has 0 aromatic heterocycles. The van der Waals surface area contributed by atoms with Gasteiger partial charge in [0.05, 0.1) is 12.0 Å². The first kappa shape index (κ1) is 14.3. The van der Waals surface area contributed by atoms with Gasteiger partial charge in [-0.25, -0.2) is 0 Å². The third-order valence-electron chi connectivity index (χ3n) is 3.53. The Bertz CT molecular complexity index is 508. The van der Waals surface area contributed by atoms with E-state index in [2.05, 4.69) is 0 Å². The maximum atomic E-state index is 12.6. The molecule has 1 aliphatic heterocycles. The second-order valence-electron chi connectivity index (χ2n) is 4.82. The van der Waals surface area contributed by atoms with E-state index in [0.29, 0.717) is 13.1 Å². The van der Waals surface area contributed by atoms with E-state index < -0.39 is 4.92 Å². The molecule has 6 heteroatoms. The topological polar surface area (TPSA) is 72.7 Å². The number of nitro benzene ring substituents is 1. The first-order valence-corrected chi connectivity index (χ1v) is 6.76. The van der Waals surface area contributed by atoms with E-state index in [1.165, 1.54) is 19.2 Å². The summed E-state index contributed by atoms with van der Waals surface area (Å²) in [7, 11) is 1.41. The number of amides is 1. The van der Waals surface area contributed by atoms with Crippen LogP contribution < -0.4 is 4.74 Å². The summed E-state index contributed by atoms with van der Waals surface area (Å²) in [5.41, 5.74) is -0.138. The van der Waals surface area contributed by atoms with Crippen molar-refractivity contribution >= 4 is 11.6 Å². The number of rotatable bonds is 3. The molecule has 0 aliphatic carbocycles. The molecule has 1 amide bonds. The highest BCUT2D eigenvalue weighted by Gasteiger charge is 2.28. The average molecular weight is 278 g/mol. The highest BCUT2D eigenvalue weighted by molar-refractivity contribution is 6.01. The molecule has 2 rings (SSSR count). The lowest BCUT2D eigenvalue weighted by Gasteiger charge is -2.21. The normalized spacial score (nSPS) is 15.6. The molecule has 1 aromatic rings. The number of methoxy groups -OCH3 is 1. The van der Waals surface area contributed by atoms with Gasteiger partial charge < -0.3 is 9.64 Å². The van der Waals surface area contributed by atoms with Crippen molar-refractivity contribution in [2.75, 3.05) is 20.2 Å². The van der Waals surface area contributed by atoms with Crippen molar-refractivity contribution in [3.8, 4) is 5.75 Å². The SMILES string of the molecule is COc1cccc([N+](=O)[O-])c1C(=O)N1CCCCCC1. The number of hydrogen-bond donors (Lipinski definition) is 0. The van der Waals surface area contributed by atoms with Crippen molar-refractivity contribution in [2.45, 2.75) is 25.7 Å². The molecule has 1 aromatic carbocycles. The number of hydrogen-bond acceptors (Lipinski definition) is 4. The van der Waals surface area contributed by atoms with E-state index in [0.717, 1.165) is 25.7 Å². The number of ether oxygens (including phenoxy) is 1. The van der Waals surface area contributed by atoms with Crippen LogP contribution in [0.1, 0.15) is 36.0 Å². The maximum Gasteiger partial charge on any atom is 0.285 e. The van der Waals surface area contributed by atoms with Crippen molar-refractivity contribution in [3.63, 3.8) is 0 Å². The van der Waals surface area contributed by atoms with Crippen LogP contribution >= 0.6 is 0 Å². The van der Waals surface area contributed by atoms with Crippen LogP contribution in [0.25, 0.3) is 0 Å². The van der Waals surface area contributed by atoms with Gasteiger partial charge >= 0.3 is 0 Å². The first-order chi connectivity index (χ1) is 9.65. The van der Waals surface area contributed by atoms with Crippen LogP contribution in [0.5, 0.6) is 5.75 Å². The van der Waals surface area contributed by atoms with Gasteiger partial charge in [0.15, 0.2) is 5.56 Å². The molecule has 1 aliphatic rings. The predicted molar refractivity (Wildman–Crippen MR) is 74.0 cm³/mol. The smallest absolute Gasteiger partial charge is 0.285 e. The van der Waals surface area contributed by atoms with Gasteiger partial charge in [0, 0.05) is 19.2 Å². The highest BCUT2D eigenvalue weighted by Crippen LogP contribution is 2.30. The Morgan fingerprint density at radius 2 is 1.90 bits per heavy atom. The molecule has 1 fully saturated rings. The van der Waals surface area contributed by atoms with Gasteiger partial charge in [-0.3, -0.25) is 14.9 Å². The second-order valence-corrected chi connectivity index (χ2v) is 4.82. The Morgan fingerprint density at radius 3 is 2.45 bits per heavy atom. The molecule has 0 N–H and O–H groups in total. The summed E-state index contributed by atoms with van der Waals surface area (Å²) in [6, 6.07) is 4.45. The Balaban J connectivity index is 2.38.